The molecular formula is C11H11ClFN5O. The van der Waals surface area contributed by atoms with Gasteiger partial charge in [0, 0.05) is 10.7 Å². The first-order valence-corrected chi connectivity index (χ1v) is 5.60. The number of nitrogens with one attached hydrogen (secondary N) is 2. The lowest BCUT2D eigenvalue weighted by atomic mass is 10.3. The van der Waals surface area contributed by atoms with Gasteiger partial charge in [-0.25, -0.2) is 20.2 Å². The molecule has 8 heteroatoms. The van der Waals surface area contributed by atoms with Crippen LogP contribution in [0.5, 0.6) is 5.75 Å². The van der Waals surface area contributed by atoms with Gasteiger partial charge in [0.15, 0.2) is 11.6 Å². The third-order valence-corrected chi connectivity index (χ3v) is 2.49. The summed E-state index contributed by atoms with van der Waals surface area (Å²) in [6, 6.07) is 4.04. The Labute approximate surface area is 113 Å². The zero-order chi connectivity index (χ0) is 13.8. The van der Waals surface area contributed by atoms with Crippen molar-refractivity contribution in [3.8, 4) is 5.75 Å². The third-order valence-electron chi connectivity index (χ3n) is 2.27. The number of anilines is 3. The van der Waals surface area contributed by atoms with E-state index in [0.29, 0.717) is 23.1 Å². The molecule has 1 aromatic carbocycles. The van der Waals surface area contributed by atoms with Crippen LogP contribution in [0.4, 0.5) is 21.7 Å². The summed E-state index contributed by atoms with van der Waals surface area (Å²) in [4.78, 5) is 7.90. The van der Waals surface area contributed by atoms with E-state index in [-0.39, 0.29) is 5.02 Å². The highest BCUT2D eigenvalue weighted by Gasteiger charge is 2.12. The van der Waals surface area contributed by atoms with Crippen molar-refractivity contribution in [2.24, 2.45) is 5.84 Å². The maximum atomic E-state index is 13.2. The van der Waals surface area contributed by atoms with Crippen LogP contribution in [0.15, 0.2) is 24.5 Å². The Morgan fingerprint density at radius 2 is 2.00 bits per heavy atom. The number of hydrazine groups is 1. The minimum Gasteiger partial charge on any atom is -0.490 e. The number of hydrogen-bond acceptors (Lipinski definition) is 6. The summed E-state index contributed by atoms with van der Waals surface area (Å²) in [5, 5.41) is 3.15. The number of hydrogen-bond donors (Lipinski definition) is 3. The number of nitrogen functional groups attached to an aromatic ring is 1. The lowest BCUT2D eigenvalue weighted by Crippen LogP contribution is -2.11. The molecule has 0 aliphatic carbocycles. The molecule has 0 saturated heterocycles. The fourth-order valence-electron chi connectivity index (χ4n) is 1.52. The monoisotopic (exact) mass is 283 g/mol. The molecule has 0 unspecified atom stereocenters. The largest absolute Gasteiger partial charge is 0.490 e. The first-order valence-electron chi connectivity index (χ1n) is 5.22. The highest BCUT2D eigenvalue weighted by atomic mass is 35.5. The van der Waals surface area contributed by atoms with Crippen LogP contribution in [0.2, 0.25) is 5.02 Å². The molecule has 0 aliphatic heterocycles. The summed E-state index contributed by atoms with van der Waals surface area (Å²) in [5.41, 5.74) is 2.81. The number of nitrogens with two attached hydrogens (primary N) is 1. The van der Waals surface area contributed by atoms with Gasteiger partial charge in [-0.15, -0.1) is 0 Å². The van der Waals surface area contributed by atoms with Crippen molar-refractivity contribution in [3.63, 3.8) is 0 Å². The van der Waals surface area contributed by atoms with Gasteiger partial charge in [0.2, 0.25) is 5.75 Å². The van der Waals surface area contributed by atoms with Gasteiger partial charge in [-0.1, -0.05) is 11.6 Å². The minimum absolute atomic E-state index is 0.271. The Hall–Kier alpha value is -2.12. The summed E-state index contributed by atoms with van der Waals surface area (Å²) < 4.78 is 18.4. The Bertz CT molecular complexity index is 575. The molecule has 0 amide bonds. The summed E-state index contributed by atoms with van der Waals surface area (Å²) in [7, 11) is 1.45. The van der Waals surface area contributed by atoms with Gasteiger partial charge in [0.25, 0.3) is 0 Å². The van der Waals surface area contributed by atoms with Gasteiger partial charge in [0.1, 0.15) is 12.1 Å². The van der Waals surface area contributed by atoms with Crippen molar-refractivity contribution in [2.45, 2.75) is 0 Å². The van der Waals surface area contributed by atoms with Crippen LogP contribution in [-0.4, -0.2) is 17.1 Å². The molecule has 2 aromatic rings. The van der Waals surface area contributed by atoms with Crippen LogP contribution < -0.4 is 21.3 Å². The van der Waals surface area contributed by atoms with Crippen LogP contribution >= 0.6 is 11.6 Å². The molecule has 4 N–H and O–H groups in total. The van der Waals surface area contributed by atoms with Crippen LogP contribution in [0.3, 0.4) is 0 Å². The second-order valence-electron chi connectivity index (χ2n) is 3.53. The van der Waals surface area contributed by atoms with Crippen LogP contribution in [0.1, 0.15) is 0 Å². The summed E-state index contributed by atoms with van der Waals surface area (Å²) >= 11 is 5.77. The molecule has 2 rings (SSSR count). The standard InChI is InChI=1S/C11H11ClFN5O/c1-19-9-10(15-5-16-11(9)18-14)17-8-3-6(12)2-7(13)4-8/h2-5H,14H2,1H3,(H2,15,16,17,18). The van der Waals surface area contributed by atoms with Crippen molar-refractivity contribution < 1.29 is 9.13 Å². The number of ether oxygens (including phenoxy) is 1. The second kappa shape index (κ2) is 5.68. The lowest BCUT2D eigenvalue weighted by molar-refractivity contribution is 0.415. The molecule has 0 aliphatic rings. The molecule has 0 atom stereocenters. The molecule has 19 heavy (non-hydrogen) atoms. The van der Waals surface area contributed by atoms with E-state index >= 15 is 0 Å². The average molecular weight is 284 g/mol. The van der Waals surface area contributed by atoms with Gasteiger partial charge in [-0.2, -0.15) is 0 Å². The Morgan fingerprint density at radius 1 is 1.26 bits per heavy atom. The Balaban J connectivity index is 2.37. The first-order chi connectivity index (χ1) is 9.13. The molecular weight excluding hydrogens is 273 g/mol. The lowest BCUT2D eigenvalue weighted by Gasteiger charge is -2.12. The van der Waals surface area contributed by atoms with E-state index in [9.17, 15) is 4.39 Å². The van der Waals surface area contributed by atoms with E-state index in [4.69, 9.17) is 22.2 Å². The van der Waals surface area contributed by atoms with Crippen LogP contribution in [0.25, 0.3) is 0 Å². The molecule has 6 nitrogen and oxygen atoms in total. The quantitative estimate of drug-likeness (QED) is 0.590. The number of rotatable bonds is 4. The zero-order valence-electron chi connectivity index (χ0n) is 9.95. The van der Waals surface area contributed by atoms with Crippen molar-refractivity contribution in [1.82, 2.24) is 9.97 Å². The molecule has 100 valence electrons. The Kier molecular flexibility index (Phi) is 3.98. The van der Waals surface area contributed by atoms with Crippen molar-refractivity contribution in [2.75, 3.05) is 17.9 Å². The number of benzene rings is 1. The highest BCUT2D eigenvalue weighted by Crippen LogP contribution is 2.31. The van der Waals surface area contributed by atoms with E-state index in [1.165, 1.54) is 25.6 Å². The molecule has 0 bridgehead atoms. The van der Waals surface area contributed by atoms with Gasteiger partial charge in [-0.3, -0.25) is 0 Å². The van der Waals surface area contributed by atoms with Crippen molar-refractivity contribution >= 4 is 28.9 Å². The van der Waals surface area contributed by atoms with E-state index in [1.54, 1.807) is 6.07 Å². The van der Waals surface area contributed by atoms with Crippen molar-refractivity contribution in [1.29, 1.82) is 0 Å². The predicted molar refractivity (Wildman–Crippen MR) is 71.1 cm³/mol. The molecule has 1 aromatic heterocycles. The van der Waals surface area contributed by atoms with Gasteiger partial charge < -0.3 is 15.5 Å². The minimum atomic E-state index is -0.458. The fourth-order valence-corrected chi connectivity index (χ4v) is 1.74. The zero-order valence-corrected chi connectivity index (χ0v) is 10.7. The van der Waals surface area contributed by atoms with E-state index in [0.717, 1.165) is 0 Å². The normalized spacial score (nSPS) is 10.1. The molecule has 0 radical (unpaired) electrons. The van der Waals surface area contributed by atoms with E-state index in [1.807, 2.05) is 0 Å². The highest BCUT2D eigenvalue weighted by molar-refractivity contribution is 6.30. The summed E-state index contributed by atoms with van der Waals surface area (Å²) in [5.74, 6) is 5.81. The number of methoxy groups -OCH3 is 1. The summed E-state index contributed by atoms with van der Waals surface area (Å²) in [6.07, 6.45) is 1.29. The van der Waals surface area contributed by atoms with Gasteiger partial charge >= 0.3 is 0 Å². The van der Waals surface area contributed by atoms with Crippen LogP contribution in [0, 0.1) is 5.82 Å². The average Bonchev–Trinajstić information content (AvgIpc) is 2.37. The predicted octanol–water partition coefficient (Wildman–Crippen LogP) is 2.31. The molecule has 0 saturated carbocycles. The summed E-state index contributed by atoms with van der Waals surface area (Å²) in [6.45, 7) is 0. The molecule has 0 fully saturated rings. The third kappa shape index (κ3) is 3.01. The smallest absolute Gasteiger partial charge is 0.205 e. The van der Waals surface area contributed by atoms with Gasteiger partial charge in [-0.05, 0) is 18.2 Å². The number of halogens is 2. The molecule has 1 heterocycles. The van der Waals surface area contributed by atoms with Gasteiger partial charge in [0.05, 0.1) is 7.11 Å². The first kappa shape index (κ1) is 13.3. The SMILES string of the molecule is COc1c(NN)ncnc1Nc1cc(F)cc(Cl)c1. The number of aromatic nitrogens is 2. The molecule has 0 spiro atoms. The van der Waals surface area contributed by atoms with Crippen LogP contribution in [-0.2, 0) is 0 Å². The maximum absolute atomic E-state index is 13.2. The van der Waals surface area contributed by atoms with Crippen molar-refractivity contribution in [3.05, 3.63) is 35.4 Å². The van der Waals surface area contributed by atoms with E-state index < -0.39 is 5.82 Å². The maximum Gasteiger partial charge on any atom is 0.205 e. The fraction of sp³-hybridized carbons (Fsp3) is 0.0909. The number of nitrogens with zero attached hydrogens (tertiary/aromatic N) is 2. The Morgan fingerprint density at radius 3 is 2.63 bits per heavy atom. The van der Waals surface area contributed by atoms with E-state index in [2.05, 4.69) is 20.7 Å². The second-order valence-corrected chi connectivity index (χ2v) is 3.97. The topological polar surface area (TPSA) is 85.1 Å².